The van der Waals surface area contributed by atoms with E-state index in [-0.39, 0.29) is 0 Å². The summed E-state index contributed by atoms with van der Waals surface area (Å²) >= 11 is 0. The maximum atomic E-state index is 9.75. The SMILES string of the molecule is COc1ccc(-c2coc(-c3ccccc3)c2[P+](c2ccccc2)(c2ccccc2)c2ccccc2)cc1.F[B-](F)(F)F. The molecule has 0 saturated carbocycles. The number of furan rings is 1. The van der Waals surface area contributed by atoms with Crippen molar-refractivity contribution in [2.45, 2.75) is 0 Å². The molecule has 0 radical (unpaired) electrons. The average molecular weight is 598 g/mol. The van der Waals surface area contributed by atoms with Crippen molar-refractivity contribution in [3.8, 4) is 28.2 Å². The maximum absolute atomic E-state index is 9.75. The van der Waals surface area contributed by atoms with Crippen LogP contribution in [0.1, 0.15) is 0 Å². The Morgan fingerprint density at radius 1 is 0.535 bits per heavy atom. The van der Waals surface area contributed by atoms with Gasteiger partial charge in [-0.1, -0.05) is 97.1 Å². The van der Waals surface area contributed by atoms with Crippen molar-refractivity contribution in [1.82, 2.24) is 0 Å². The predicted octanol–water partition coefficient (Wildman–Crippen LogP) is 8.54. The van der Waals surface area contributed by atoms with Crippen LogP contribution < -0.4 is 26.0 Å². The molecule has 0 bridgehead atoms. The van der Waals surface area contributed by atoms with Crippen molar-refractivity contribution < 1.29 is 26.4 Å². The standard InChI is InChI=1S/C35H28O2P.BF4/c1-36-29-24-22-27(23-25-29)33-26-37-34(28-14-6-2-7-15-28)35(33)38(30-16-8-3-9-17-30,31-18-10-4-11-19-31)32-20-12-5-13-21-32;2-1(3,4)5/h2-26H,1H3;/q+1;-1. The minimum Gasteiger partial charge on any atom is -0.497 e. The van der Waals surface area contributed by atoms with Gasteiger partial charge < -0.3 is 26.4 Å². The lowest BCUT2D eigenvalue weighted by Crippen LogP contribution is -2.39. The molecule has 0 unspecified atom stereocenters. The first-order chi connectivity index (χ1) is 20.8. The van der Waals surface area contributed by atoms with Gasteiger partial charge in [-0.15, -0.1) is 0 Å². The third-order valence-electron chi connectivity index (χ3n) is 6.97. The third-order valence-corrected chi connectivity index (χ3v) is 11.3. The van der Waals surface area contributed by atoms with E-state index in [0.29, 0.717) is 0 Å². The Kier molecular flexibility index (Phi) is 9.13. The lowest BCUT2D eigenvalue weighted by molar-refractivity contribution is 0.368. The highest BCUT2D eigenvalue weighted by Crippen LogP contribution is 2.58. The molecule has 43 heavy (non-hydrogen) atoms. The van der Waals surface area contributed by atoms with Gasteiger partial charge in [0.25, 0.3) is 0 Å². The van der Waals surface area contributed by atoms with Crippen LogP contribution in [-0.4, -0.2) is 14.4 Å². The summed E-state index contributed by atoms with van der Waals surface area (Å²) in [7, 11) is -6.71. The van der Waals surface area contributed by atoms with Crippen LogP contribution in [0.5, 0.6) is 5.75 Å². The molecule has 1 aromatic heterocycles. The van der Waals surface area contributed by atoms with Crippen molar-refractivity contribution in [2.75, 3.05) is 7.11 Å². The van der Waals surface area contributed by atoms with E-state index in [1.165, 1.54) is 21.2 Å². The van der Waals surface area contributed by atoms with E-state index in [1.54, 1.807) is 7.11 Å². The molecule has 0 N–H and O–H groups in total. The maximum Gasteiger partial charge on any atom is 0.673 e. The second kappa shape index (κ2) is 13.1. The van der Waals surface area contributed by atoms with Crippen molar-refractivity contribution in [2.24, 2.45) is 0 Å². The van der Waals surface area contributed by atoms with Crippen molar-refractivity contribution in [3.05, 3.63) is 152 Å². The van der Waals surface area contributed by atoms with Gasteiger partial charge in [0.2, 0.25) is 0 Å². The van der Waals surface area contributed by atoms with Crippen molar-refractivity contribution >= 4 is 35.7 Å². The van der Waals surface area contributed by atoms with Crippen LogP contribution >= 0.6 is 7.26 Å². The van der Waals surface area contributed by atoms with Gasteiger partial charge in [-0.3, -0.25) is 0 Å². The molecule has 0 aliphatic heterocycles. The summed E-state index contributed by atoms with van der Waals surface area (Å²) in [5, 5.41) is 5.07. The molecule has 0 amide bonds. The van der Waals surface area contributed by atoms with Gasteiger partial charge >= 0.3 is 7.25 Å². The zero-order chi connectivity index (χ0) is 30.3. The van der Waals surface area contributed by atoms with Crippen LogP contribution in [0.25, 0.3) is 22.5 Å². The fraction of sp³-hybridized carbons (Fsp3) is 0.0286. The van der Waals surface area contributed by atoms with E-state index in [0.717, 1.165) is 28.2 Å². The van der Waals surface area contributed by atoms with Crippen molar-refractivity contribution in [3.63, 3.8) is 0 Å². The highest BCUT2D eigenvalue weighted by atomic mass is 31.2. The molecule has 2 nitrogen and oxygen atoms in total. The molecule has 216 valence electrons. The van der Waals surface area contributed by atoms with E-state index in [9.17, 15) is 17.3 Å². The van der Waals surface area contributed by atoms with E-state index < -0.39 is 14.5 Å². The van der Waals surface area contributed by atoms with Crippen LogP contribution in [0, 0.1) is 0 Å². The molecule has 0 spiro atoms. The molecule has 6 aromatic rings. The number of hydrogen-bond acceptors (Lipinski definition) is 2. The van der Waals surface area contributed by atoms with E-state index >= 15 is 0 Å². The molecular formula is C35H28BF4O2P. The van der Waals surface area contributed by atoms with Crippen LogP contribution in [-0.2, 0) is 0 Å². The molecule has 0 saturated heterocycles. The molecule has 6 rings (SSSR count). The Morgan fingerprint density at radius 2 is 0.930 bits per heavy atom. The number of hydrogen-bond donors (Lipinski definition) is 0. The first-order valence-electron chi connectivity index (χ1n) is 13.6. The van der Waals surface area contributed by atoms with Gasteiger partial charge in [0, 0.05) is 5.56 Å². The quantitative estimate of drug-likeness (QED) is 0.104. The molecule has 1 heterocycles. The molecule has 5 aromatic carbocycles. The van der Waals surface area contributed by atoms with Gasteiger partial charge in [-0.25, -0.2) is 0 Å². The molecular weight excluding hydrogens is 570 g/mol. The highest BCUT2D eigenvalue weighted by molar-refractivity contribution is 8.02. The van der Waals surface area contributed by atoms with Crippen LogP contribution in [0.3, 0.4) is 0 Å². The summed E-state index contributed by atoms with van der Waals surface area (Å²) in [6, 6.07) is 51.5. The lowest BCUT2D eigenvalue weighted by atomic mass is 10.1. The van der Waals surface area contributed by atoms with E-state index in [2.05, 4.69) is 127 Å². The molecule has 0 aliphatic rings. The lowest BCUT2D eigenvalue weighted by Gasteiger charge is -2.28. The Hall–Kier alpha value is -4.61. The van der Waals surface area contributed by atoms with Gasteiger partial charge in [0.1, 0.15) is 35.2 Å². The normalized spacial score (nSPS) is 11.4. The number of rotatable bonds is 7. The van der Waals surface area contributed by atoms with Gasteiger partial charge in [0.05, 0.1) is 12.7 Å². The predicted molar refractivity (Wildman–Crippen MR) is 171 cm³/mol. The van der Waals surface area contributed by atoms with E-state index in [1.807, 2.05) is 24.5 Å². The zero-order valence-electron chi connectivity index (χ0n) is 23.3. The summed E-state index contributed by atoms with van der Waals surface area (Å²) in [6.45, 7) is 0. The molecule has 0 fully saturated rings. The largest absolute Gasteiger partial charge is 0.673 e. The zero-order valence-corrected chi connectivity index (χ0v) is 24.2. The summed E-state index contributed by atoms with van der Waals surface area (Å²) in [5.41, 5.74) is 3.25. The number of benzene rings is 5. The summed E-state index contributed by atoms with van der Waals surface area (Å²) in [6.07, 6.45) is 1.93. The fourth-order valence-corrected chi connectivity index (χ4v) is 9.80. The molecule has 0 atom stereocenters. The molecule has 0 aliphatic carbocycles. The summed E-state index contributed by atoms with van der Waals surface area (Å²) < 4.78 is 51.0. The third kappa shape index (κ3) is 6.58. The smallest absolute Gasteiger partial charge is 0.497 e. The summed E-state index contributed by atoms with van der Waals surface area (Å²) in [4.78, 5) is 0. The topological polar surface area (TPSA) is 22.4 Å². The van der Waals surface area contributed by atoms with E-state index in [4.69, 9.17) is 9.15 Å². The number of halogens is 4. The van der Waals surface area contributed by atoms with Crippen LogP contribution in [0.2, 0.25) is 0 Å². The van der Waals surface area contributed by atoms with Gasteiger partial charge in [-0.05, 0) is 54.1 Å². The van der Waals surface area contributed by atoms with Crippen LogP contribution in [0.4, 0.5) is 17.3 Å². The second-order valence-corrected chi connectivity index (χ2v) is 12.9. The van der Waals surface area contributed by atoms with Crippen LogP contribution in [0.15, 0.2) is 156 Å². The first-order valence-corrected chi connectivity index (χ1v) is 15.4. The van der Waals surface area contributed by atoms with Gasteiger partial charge in [-0.2, -0.15) is 0 Å². The Morgan fingerprint density at radius 3 is 1.33 bits per heavy atom. The average Bonchev–Trinajstić information content (AvgIpc) is 3.48. The van der Waals surface area contributed by atoms with Crippen molar-refractivity contribution in [1.29, 1.82) is 0 Å². The minimum atomic E-state index is -6.00. The monoisotopic (exact) mass is 598 g/mol. The van der Waals surface area contributed by atoms with Gasteiger partial charge in [0.15, 0.2) is 11.1 Å². The fourth-order valence-electron chi connectivity index (χ4n) is 5.24. The Labute approximate surface area is 249 Å². The Bertz CT molecular complexity index is 1620. The Balaban J connectivity index is 0.000000682. The number of methoxy groups -OCH3 is 1. The first kappa shape index (κ1) is 29.9. The highest BCUT2D eigenvalue weighted by Gasteiger charge is 2.52. The number of ether oxygens (including phenoxy) is 1. The molecule has 8 heteroatoms. The summed E-state index contributed by atoms with van der Waals surface area (Å²) in [5.74, 6) is 1.73. The minimum absolute atomic E-state index is 0.831. The second-order valence-electron chi connectivity index (χ2n) is 9.59.